The highest BCUT2D eigenvalue weighted by molar-refractivity contribution is 5.71. The zero-order valence-electron chi connectivity index (χ0n) is 43.5. The molecule has 0 spiro atoms. The number of rotatable bonds is 52. The number of esters is 3. The van der Waals surface area contributed by atoms with Crippen LogP contribution in [0.5, 0.6) is 0 Å². The minimum Gasteiger partial charge on any atom is -0.462 e. The normalized spacial score (nSPS) is 12.2. The number of hydrogen-bond acceptors (Lipinski definition) is 6. The maximum absolute atomic E-state index is 12.8. The molecule has 0 bridgehead atoms. The quantitative estimate of drug-likeness (QED) is 0.0262. The van der Waals surface area contributed by atoms with Gasteiger partial charge in [-0.3, -0.25) is 14.4 Å². The van der Waals surface area contributed by atoms with Crippen LogP contribution in [-0.2, 0) is 28.6 Å². The summed E-state index contributed by atoms with van der Waals surface area (Å²) in [6, 6.07) is 0. The summed E-state index contributed by atoms with van der Waals surface area (Å²) in [5.41, 5.74) is 0. The average Bonchev–Trinajstić information content (AvgIpc) is 3.30. The van der Waals surface area contributed by atoms with Gasteiger partial charge in [-0.25, -0.2) is 0 Å². The second kappa shape index (κ2) is 54.2. The predicted octanol–water partition coefficient (Wildman–Crippen LogP) is 18.9. The molecule has 65 heavy (non-hydrogen) atoms. The van der Waals surface area contributed by atoms with Gasteiger partial charge in [0.1, 0.15) is 13.2 Å². The van der Waals surface area contributed by atoms with Gasteiger partial charge in [0.2, 0.25) is 0 Å². The first-order valence-corrected chi connectivity index (χ1v) is 28.5. The van der Waals surface area contributed by atoms with E-state index in [4.69, 9.17) is 14.2 Å². The molecule has 0 amide bonds. The molecular weight excluding hydrogens is 805 g/mol. The Balaban J connectivity index is 4.30. The third-order valence-electron chi connectivity index (χ3n) is 12.6. The summed E-state index contributed by atoms with van der Waals surface area (Å²) in [5, 5.41) is 0. The fraction of sp³-hybridized carbons (Fsp3) is 0.847. The first-order chi connectivity index (χ1) is 32.0. The highest BCUT2D eigenvalue weighted by Gasteiger charge is 2.19. The average molecular weight is 914 g/mol. The highest BCUT2D eigenvalue weighted by atomic mass is 16.6. The van der Waals surface area contributed by atoms with Crippen molar-refractivity contribution in [2.45, 2.75) is 309 Å². The molecule has 0 saturated heterocycles. The minimum atomic E-state index is -0.773. The van der Waals surface area contributed by atoms with Crippen LogP contribution in [0.3, 0.4) is 0 Å². The van der Waals surface area contributed by atoms with Crippen LogP contribution in [0.15, 0.2) is 36.5 Å². The van der Waals surface area contributed by atoms with E-state index in [0.717, 1.165) is 70.6 Å². The molecule has 0 aromatic rings. The highest BCUT2D eigenvalue weighted by Crippen LogP contribution is 2.16. The van der Waals surface area contributed by atoms with Gasteiger partial charge in [-0.1, -0.05) is 250 Å². The van der Waals surface area contributed by atoms with Gasteiger partial charge in [-0.15, -0.1) is 0 Å². The Labute approximate surface area is 404 Å². The fourth-order valence-corrected chi connectivity index (χ4v) is 8.28. The third kappa shape index (κ3) is 52.5. The maximum Gasteiger partial charge on any atom is 0.306 e. The number of carbonyl (C=O) groups is 3. The lowest BCUT2D eigenvalue weighted by Gasteiger charge is -2.18. The van der Waals surface area contributed by atoms with E-state index in [2.05, 4.69) is 57.2 Å². The molecule has 0 saturated carbocycles. The van der Waals surface area contributed by atoms with Crippen molar-refractivity contribution in [3.05, 3.63) is 36.5 Å². The molecule has 0 heterocycles. The van der Waals surface area contributed by atoms with E-state index in [1.807, 2.05) is 0 Å². The molecule has 0 aliphatic heterocycles. The van der Waals surface area contributed by atoms with Crippen LogP contribution in [0.4, 0.5) is 0 Å². The number of ether oxygens (including phenoxy) is 3. The molecule has 1 atom stereocenters. The molecule has 6 heteroatoms. The van der Waals surface area contributed by atoms with E-state index in [9.17, 15) is 14.4 Å². The van der Waals surface area contributed by atoms with E-state index in [-0.39, 0.29) is 31.1 Å². The lowest BCUT2D eigenvalue weighted by molar-refractivity contribution is -0.167. The van der Waals surface area contributed by atoms with Crippen molar-refractivity contribution < 1.29 is 28.6 Å². The topological polar surface area (TPSA) is 78.9 Å². The molecule has 0 rings (SSSR count). The van der Waals surface area contributed by atoms with Crippen molar-refractivity contribution in [2.75, 3.05) is 13.2 Å². The Hall–Kier alpha value is -2.37. The third-order valence-corrected chi connectivity index (χ3v) is 12.6. The van der Waals surface area contributed by atoms with Crippen molar-refractivity contribution >= 4 is 17.9 Å². The standard InChI is InChI=1S/C59H108O6/c1-4-7-10-13-16-19-22-24-26-28-29-31-32-34-37-40-43-46-49-52-58(61)64-55-56(54-63-57(60)51-48-45-42-39-36-21-18-15-12-9-6-3)65-59(62)53-50-47-44-41-38-35-33-30-27-25-23-20-17-14-11-8-5-2/h15-16,18-19,24,26,56H,4-14,17,20-23,25,27-55H2,1-3H3/b18-15-,19-16-,26-24-. The van der Waals surface area contributed by atoms with Crippen molar-refractivity contribution in [3.8, 4) is 0 Å². The van der Waals surface area contributed by atoms with Crippen LogP contribution in [0.2, 0.25) is 0 Å². The second-order valence-electron chi connectivity index (χ2n) is 19.2. The molecule has 0 N–H and O–H groups in total. The van der Waals surface area contributed by atoms with Crippen LogP contribution in [0.25, 0.3) is 0 Å². The van der Waals surface area contributed by atoms with E-state index in [1.54, 1.807) is 0 Å². The Kier molecular flexibility index (Phi) is 52.3. The minimum absolute atomic E-state index is 0.0737. The molecule has 0 fully saturated rings. The van der Waals surface area contributed by atoms with E-state index >= 15 is 0 Å². The van der Waals surface area contributed by atoms with Gasteiger partial charge in [0.25, 0.3) is 0 Å². The molecule has 0 aliphatic rings. The smallest absolute Gasteiger partial charge is 0.306 e. The fourth-order valence-electron chi connectivity index (χ4n) is 8.28. The summed E-state index contributed by atoms with van der Waals surface area (Å²) in [6.45, 7) is 6.60. The predicted molar refractivity (Wildman–Crippen MR) is 279 cm³/mol. The summed E-state index contributed by atoms with van der Waals surface area (Å²) < 4.78 is 16.8. The van der Waals surface area contributed by atoms with Gasteiger partial charge < -0.3 is 14.2 Å². The first kappa shape index (κ1) is 62.6. The van der Waals surface area contributed by atoms with Crippen molar-refractivity contribution in [1.82, 2.24) is 0 Å². The second-order valence-corrected chi connectivity index (χ2v) is 19.2. The maximum atomic E-state index is 12.8. The van der Waals surface area contributed by atoms with Gasteiger partial charge in [-0.05, 0) is 70.6 Å². The Morgan fingerprint density at radius 2 is 0.569 bits per heavy atom. The van der Waals surface area contributed by atoms with Crippen molar-refractivity contribution in [1.29, 1.82) is 0 Å². The van der Waals surface area contributed by atoms with Gasteiger partial charge >= 0.3 is 17.9 Å². The molecule has 0 aromatic carbocycles. The molecular formula is C59H108O6. The summed E-state index contributed by atoms with van der Waals surface area (Å²) in [7, 11) is 0. The lowest BCUT2D eigenvalue weighted by Crippen LogP contribution is -2.30. The molecule has 380 valence electrons. The van der Waals surface area contributed by atoms with Gasteiger partial charge in [0.05, 0.1) is 0 Å². The number of unbranched alkanes of at least 4 members (excludes halogenated alkanes) is 35. The van der Waals surface area contributed by atoms with Crippen LogP contribution in [-0.4, -0.2) is 37.2 Å². The SMILES string of the molecule is CCCC/C=C\CCCCCCCC(=O)OCC(COC(=O)CCCCCCCCCCC/C=C\C/C=C\CCCCC)OC(=O)CCCCCCCCCCCCCCCCCCC. The van der Waals surface area contributed by atoms with Gasteiger partial charge in [0.15, 0.2) is 6.10 Å². The van der Waals surface area contributed by atoms with Crippen LogP contribution < -0.4 is 0 Å². The first-order valence-electron chi connectivity index (χ1n) is 28.5. The number of allylic oxidation sites excluding steroid dienone is 6. The van der Waals surface area contributed by atoms with Crippen LogP contribution in [0.1, 0.15) is 303 Å². The Morgan fingerprint density at radius 1 is 0.308 bits per heavy atom. The monoisotopic (exact) mass is 913 g/mol. The van der Waals surface area contributed by atoms with Gasteiger partial charge in [0, 0.05) is 19.3 Å². The largest absolute Gasteiger partial charge is 0.462 e. The van der Waals surface area contributed by atoms with Crippen molar-refractivity contribution in [3.63, 3.8) is 0 Å². The zero-order valence-corrected chi connectivity index (χ0v) is 43.5. The molecule has 0 aromatic heterocycles. The summed E-state index contributed by atoms with van der Waals surface area (Å²) in [5.74, 6) is -0.871. The van der Waals surface area contributed by atoms with Crippen LogP contribution in [0, 0.1) is 0 Å². The van der Waals surface area contributed by atoms with Crippen molar-refractivity contribution in [2.24, 2.45) is 0 Å². The Morgan fingerprint density at radius 3 is 0.938 bits per heavy atom. The lowest BCUT2D eigenvalue weighted by atomic mass is 10.0. The van der Waals surface area contributed by atoms with E-state index in [0.29, 0.717) is 19.3 Å². The number of hydrogen-bond donors (Lipinski definition) is 0. The van der Waals surface area contributed by atoms with E-state index in [1.165, 1.54) is 193 Å². The molecule has 6 nitrogen and oxygen atoms in total. The van der Waals surface area contributed by atoms with E-state index < -0.39 is 6.10 Å². The summed E-state index contributed by atoms with van der Waals surface area (Å²) in [4.78, 5) is 38.1. The van der Waals surface area contributed by atoms with Gasteiger partial charge in [-0.2, -0.15) is 0 Å². The summed E-state index contributed by atoms with van der Waals surface area (Å²) in [6.07, 6.45) is 64.2. The molecule has 1 unspecified atom stereocenters. The molecule has 0 aliphatic carbocycles. The zero-order chi connectivity index (χ0) is 47.2. The Bertz CT molecular complexity index is 1090. The number of carbonyl (C=O) groups excluding carboxylic acids is 3. The summed E-state index contributed by atoms with van der Waals surface area (Å²) >= 11 is 0. The van der Waals surface area contributed by atoms with Crippen LogP contribution >= 0.6 is 0 Å². The molecule has 0 radical (unpaired) electrons.